The van der Waals surface area contributed by atoms with Crippen LogP contribution in [0.3, 0.4) is 0 Å². The summed E-state index contributed by atoms with van der Waals surface area (Å²) in [6, 6.07) is 14.2. The van der Waals surface area contributed by atoms with Crippen molar-refractivity contribution in [2.45, 2.75) is 70.8 Å². The third kappa shape index (κ3) is 8.85. The van der Waals surface area contributed by atoms with Crippen molar-refractivity contribution in [1.82, 2.24) is 4.90 Å². The van der Waals surface area contributed by atoms with E-state index in [1.165, 1.54) is 11.6 Å². The topological polar surface area (TPSA) is 103 Å². The van der Waals surface area contributed by atoms with Gasteiger partial charge in [-0.2, -0.15) is 13.2 Å². The summed E-state index contributed by atoms with van der Waals surface area (Å²) in [7, 11) is 0. The van der Waals surface area contributed by atoms with E-state index in [0.717, 1.165) is 55.1 Å². The highest BCUT2D eigenvalue weighted by Gasteiger charge is 2.33. The Morgan fingerprint density at radius 1 is 1.20 bits per heavy atom. The molecule has 1 unspecified atom stereocenters. The van der Waals surface area contributed by atoms with Crippen LogP contribution in [0.25, 0.3) is 0 Å². The molecule has 7 nitrogen and oxygen atoms in total. The first-order valence-corrected chi connectivity index (χ1v) is 13.7. The van der Waals surface area contributed by atoms with E-state index in [1.807, 2.05) is 18.2 Å². The van der Waals surface area contributed by atoms with Crippen LogP contribution < -0.4 is 16.4 Å². The number of carboxylic acid groups (broad SMARTS) is 1. The molecule has 1 saturated heterocycles. The van der Waals surface area contributed by atoms with Gasteiger partial charge < -0.3 is 21.5 Å². The van der Waals surface area contributed by atoms with E-state index in [-0.39, 0.29) is 24.5 Å². The number of allylic oxidation sites excluding steroid dienone is 3. The van der Waals surface area contributed by atoms with Crippen LogP contribution in [0.15, 0.2) is 71.4 Å². The lowest BCUT2D eigenvalue weighted by Crippen LogP contribution is -2.40. The highest BCUT2D eigenvalue weighted by molar-refractivity contribution is 6.12. The maximum atomic E-state index is 13.6. The molecule has 2 atom stereocenters. The Morgan fingerprint density at radius 2 is 1.88 bits per heavy atom. The standard InChI is InChI=1S/C30H38F3N5.CH2O2/c1-20-7-6-16-38(20)19-27-36-26-18-21(17-23(8-5-15-34)30(31,32)33)9-14-25(26)28(37-27)35-24-12-10-22(11-13-24)29(2,3)4;2-1-3/h5,8-15,18,20,27,36H,6-7,16-17,19,34H2,1-4H3,(H,35,37);1H,(H,2,3)/b15-5-,23-8+;/t20-,27?;/m1./s1. The minimum atomic E-state index is -4.44. The molecule has 2 heterocycles. The molecule has 0 aromatic heterocycles. The molecule has 0 radical (unpaired) electrons. The van der Waals surface area contributed by atoms with Crippen molar-refractivity contribution in [2.75, 3.05) is 23.7 Å². The zero-order valence-corrected chi connectivity index (χ0v) is 24.0. The number of fused-ring (bicyclic) bond motifs is 1. The Bertz CT molecular complexity index is 1260. The molecule has 5 N–H and O–H groups in total. The molecule has 2 aliphatic heterocycles. The molecule has 0 amide bonds. The number of halogens is 3. The maximum absolute atomic E-state index is 13.6. The number of aliphatic imine (C=N–C) groups is 1. The molecule has 1 fully saturated rings. The summed E-state index contributed by atoms with van der Waals surface area (Å²) >= 11 is 0. The lowest BCUT2D eigenvalue weighted by atomic mass is 9.87. The number of nitrogens with one attached hydrogen (secondary N) is 2. The minimum Gasteiger partial charge on any atom is -0.483 e. The average molecular weight is 572 g/mol. The molecule has 2 aliphatic rings. The van der Waals surface area contributed by atoms with Crippen molar-refractivity contribution in [2.24, 2.45) is 10.7 Å². The fourth-order valence-corrected chi connectivity index (χ4v) is 4.97. The van der Waals surface area contributed by atoms with Crippen LogP contribution >= 0.6 is 0 Å². The normalized spacial score (nSPS) is 19.6. The first-order valence-electron chi connectivity index (χ1n) is 13.7. The van der Waals surface area contributed by atoms with Crippen molar-refractivity contribution >= 4 is 23.7 Å². The van der Waals surface area contributed by atoms with Gasteiger partial charge in [-0.25, -0.2) is 4.99 Å². The van der Waals surface area contributed by atoms with Gasteiger partial charge in [-0.05, 0) is 79.4 Å². The minimum absolute atomic E-state index is 0.0506. The van der Waals surface area contributed by atoms with Crippen LogP contribution in [0, 0.1) is 0 Å². The van der Waals surface area contributed by atoms with Crippen molar-refractivity contribution in [1.29, 1.82) is 0 Å². The van der Waals surface area contributed by atoms with Gasteiger partial charge in [0.1, 0.15) is 12.0 Å². The fourth-order valence-electron chi connectivity index (χ4n) is 4.97. The highest BCUT2D eigenvalue weighted by atomic mass is 19.4. The summed E-state index contributed by atoms with van der Waals surface area (Å²) < 4.78 is 40.8. The zero-order chi connectivity index (χ0) is 30.2. The first kappa shape index (κ1) is 31.7. The van der Waals surface area contributed by atoms with Crippen LogP contribution in [0.4, 0.5) is 24.5 Å². The average Bonchev–Trinajstić information content (AvgIpc) is 3.30. The molecule has 0 bridgehead atoms. The van der Waals surface area contributed by atoms with Crippen LogP contribution in [-0.4, -0.2) is 53.8 Å². The number of nitrogens with two attached hydrogens (primary N) is 1. The molecule has 0 saturated carbocycles. The van der Waals surface area contributed by atoms with E-state index in [1.54, 1.807) is 12.1 Å². The first-order chi connectivity index (χ1) is 19.3. The molecule has 41 heavy (non-hydrogen) atoms. The quantitative estimate of drug-likeness (QED) is 0.240. The number of carbonyl (C=O) groups is 1. The number of nitrogens with zero attached hydrogens (tertiary/aromatic N) is 2. The van der Waals surface area contributed by atoms with Gasteiger partial charge in [0.2, 0.25) is 0 Å². The largest absolute Gasteiger partial charge is 0.483 e. The summed E-state index contributed by atoms with van der Waals surface area (Å²) in [4.78, 5) is 15.8. The van der Waals surface area contributed by atoms with Crippen molar-refractivity contribution < 1.29 is 23.1 Å². The zero-order valence-electron chi connectivity index (χ0n) is 24.0. The number of benzene rings is 2. The highest BCUT2D eigenvalue weighted by Crippen LogP contribution is 2.32. The summed E-state index contributed by atoms with van der Waals surface area (Å²) in [6.45, 7) is 10.3. The smallest absolute Gasteiger partial charge is 0.413 e. The molecule has 2 aromatic rings. The summed E-state index contributed by atoms with van der Waals surface area (Å²) in [5.41, 5.74) is 9.00. The third-order valence-corrected chi connectivity index (χ3v) is 7.23. The number of likely N-dealkylation sites (tertiary alicyclic amines) is 1. The van der Waals surface area contributed by atoms with Gasteiger partial charge >= 0.3 is 6.18 Å². The van der Waals surface area contributed by atoms with Crippen LogP contribution in [0.2, 0.25) is 0 Å². The fraction of sp³-hybridized carbons (Fsp3) is 0.419. The molecule has 4 rings (SSSR count). The van der Waals surface area contributed by atoms with Crippen molar-refractivity contribution in [3.05, 3.63) is 83.1 Å². The molecule has 10 heteroatoms. The molecule has 0 aliphatic carbocycles. The summed E-state index contributed by atoms with van der Waals surface area (Å²) in [5.74, 6) is 0.711. The van der Waals surface area contributed by atoms with Gasteiger partial charge in [-0.15, -0.1) is 0 Å². The van der Waals surface area contributed by atoms with Crippen molar-refractivity contribution in [3.63, 3.8) is 0 Å². The predicted octanol–water partition coefficient (Wildman–Crippen LogP) is 6.28. The van der Waals surface area contributed by atoms with Crippen LogP contribution in [0.5, 0.6) is 0 Å². The Hall–Kier alpha value is -3.79. The lowest BCUT2D eigenvalue weighted by Gasteiger charge is -2.31. The summed E-state index contributed by atoms with van der Waals surface area (Å²) in [5, 5.41) is 13.8. The Kier molecular flexibility index (Phi) is 10.6. The predicted molar refractivity (Wildman–Crippen MR) is 159 cm³/mol. The number of hydrogen-bond acceptors (Lipinski definition) is 6. The third-order valence-electron chi connectivity index (χ3n) is 7.23. The van der Waals surface area contributed by atoms with E-state index in [0.29, 0.717) is 17.4 Å². The Labute approximate surface area is 240 Å². The van der Waals surface area contributed by atoms with E-state index in [2.05, 4.69) is 55.4 Å². The van der Waals surface area contributed by atoms with Crippen molar-refractivity contribution in [3.8, 4) is 0 Å². The second kappa shape index (κ2) is 13.7. The SMILES string of the molecule is C[C@@H]1CCCN1CC1N=C(Nc2ccc(C(C)(C)C)cc2)c2ccc(C/C(=C\C=C/N)C(F)(F)F)cc2N1.O=CO. The van der Waals surface area contributed by atoms with Gasteiger partial charge in [0.25, 0.3) is 6.47 Å². The van der Waals surface area contributed by atoms with E-state index in [4.69, 9.17) is 20.6 Å². The van der Waals surface area contributed by atoms with Gasteiger partial charge in [0.05, 0.1) is 0 Å². The van der Waals surface area contributed by atoms with Crippen LogP contribution in [-0.2, 0) is 16.6 Å². The van der Waals surface area contributed by atoms with E-state index in [9.17, 15) is 13.2 Å². The molecule has 222 valence electrons. The number of anilines is 2. The second-order valence-corrected chi connectivity index (χ2v) is 11.3. The van der Waals surface area contributed by atoms with E-state index >= 15 is 0 Å². The monoisotopic (exact) mass is 571 g/mol. The molecular formula is C31H40F3N5O2. The maximum Gasteiger partial charge on any atom is 0.413 e. The second-order valence-electron chi connectivity index (χ2n) is 11.3. The molecular weight excluding hydrogens is 531 g/mol. The van der Waals surface area contributed by atoms with Gasteiger partial charge in [0, 0.05) is 41.5 Å². The number of amidine groups is 1. The Balaban J connectivity index is 0.00000147. The van der Waals surface area contributed by atoms with Gasteiger partial charge in [-0.3, -0.25) is 9.69 Å². The summed E-state index contributed by atoms with van der Waals surface area (Å²) in [6.07, 6.45) is 0.765. The van der Waals surface area contributed by atoms with E-state index < -0.39 is 11.7 Å². The number of rotatable bonds is 6. The molecule has 2 aromatic carbocycles. The van der Waals surface area contributed by atoms with Gasteiger partial charge in [-0.1, -0.05) is 45.0 Å². The van der Waals surface area contributed by atoms with Gasteiger partial charge in [0.15, 0.2) is 0 Å². The number of alkyl halides is 3. The lowest BCUT2D eigenvalue weighted by molar-refractivity contribution is -0.122. The molecule has 0 spiro atoms. The Morgan fingerprint density at radius 3 is 2.44 bits per heavy atom. The number of hydrogen-bond donors (Lipinski definition) is 4. The van der Waals surface area contributed by atoms with Crippen LogP contribution in [0.1, 0.15) is 57.2 Å².